The zero-order chi connectivity index (χ0) is 17.8. The van der Waals surface area contributed by atoms with Gasteiger partial charge in [0.2, 0.25) is 0 Å². The summed E-state index contributed by atoms with van der Waals surface area (Å²) in [6.45, 7) is 2.00. The van der Waals surface area contributed by atoms with Crippen molar-refractivity contribution in [3.05, 3.63) is 75.6 Å². The number of amides is 1. The summed E-state index contributed by atoms with van der Waals surface area (Å²) in [6.07, 6.45) is 1.25. The molecule has 0 radical (unpaired) electrons. The van der Waals surface area contributed by atoms with Gasteiger partial charge in [-0.25, -0.2) is 9.82 Å². The van der Waals surface area contributed by atoms with E-state index in [1.807, 2.05) is 31.2 Å². The second-order valence-electron chi connectivity index (χ2n) is 5.40. The summed E-state index contributed by atoms with van der Waals surface area (Å²) in [6, 6.07) is 13.9. The number of hydrogen-bond acceptors (Lipinski definition) is 3. The average Bonchev–Trinajstić information content (AvgIpc) is 3.08. The lowest BCUT2D eigenvalue weighted by Gasteiger charge is -1.98. The van der Waals surface area contributed by atoms with E-state index in [0.717, 1.165) is 15.6 Å². The van der Waals surface area contributed by atoms with Gasteiger partial charge in [-0.05, 0) is 31.2 Å². The van der Waals surface area contributed by atoms with Gasteiger partial charge in [0.25, 0.3) is 5.91 Å². The molecule has 7 heteroatoms. The Hall–Kier alpha value is -2.80. The number of H-pyrrole nitrogens is 1. The average molecular weight is 401 g/mol. The third-order valence-electron chi connectivity index (χ3n) is 3.50. The van der Waals surface area contributed by atoms with E-state index in [2.05, 4.69) is 36.7 Å². The molecule has 0 spiro atoms. The molecule has 0 atom stereocenters. The van der Waals surface area contributed by atoms with Gasteiger partial charge >= 0.3 is 0 Å². The third kappa shape index (κ3) is 4.19. The summed E-state index contributed by atoms with van der Waals surface area (Å²) in [5.41, 5.74) is 5.58. The van der Waals surface area contributed by atoms with E-state index in [0.29, 0.717) is 5.69 Å². The highest BCUT2D eigenvalue weighted by atomic mass is 79.9. The fraction of sp³-hybridized carbons (Fsp3) is 0.0556. The number of hydrazone groups is 1. The SMILES string of the molecule is Cc1ccc(-c2cc(C(=O)N/N=C/c3cc(Br)ccc3F)[nH]n2)cc1. The van der Waals surface area contributed by atoms with Gasteiger partial charge in [-0.1, -0.05) is 45.8 Å². The molecule has 3 aromatic rings. The van der Waals surface area contributed by atoms with Crippen molar-refractivity contribution in [1.82, 2.24) is 15.6 Å². The van der Waals surface area contributed by atoms with Crippen molar-refractivity contribution < 1.29 is 9.18 Å². The van der Waals surface area contributed by atoms with Crippen LogP contribution in [0.2, 0.25) is 0 Å². The number of hydrogen-bond donors (Lipinski definition) is 2. The highest BCUT2D eigenvalue weighted by molar-refractivity contribution is 9.10. The van der Waals surface area contributed by atoms with Crippen molar-refractivity contribution in [3.8, 4) is 11.3 Å². The quantitative estimate of drug-likeness (QED) is 0.512. The van der Waals surface area contributed by atoms with Crippen LogP contribution < -0.4 is 5.43 Å². The lowest BCUT2D eigenvalue weighted by molar-refractivity contribution is 0.0950. The first-order valence-corrected chi connectivity index (χ1v) is 8.23. The van der Waals surface area contributed by atoms with E-state index >= 15 is 0 Å². The molecule has 0 aliphatic carbocycles. The van der Waals surface area contributed by atoms with E-state index in [1.165, 1.54) is 12.3 Å². The van der Waals surface area contributed by atoms with Gasteiger partial charge in [-0.3, -0.25) is 9.89 Å². The number of carbonyl (C=O) groups is 1. The third-order valence-corrected chi connectivity index (χ3v) is 3.99. The maximum Gasteiger partial charge on any atom is 0.289 e. The summed E-state index contributed by atoms with van der Waals surface area (Å²) in [5.74, 6) is -0.887. The maximum atomic E-state index is 13.6. The Labute approximate surface area is 152 Å². The van der Waals surface area contributed by atoms with Crippen molar-refractivity contribution >= 4 is 28.1 Å². The van der Waals surface area contributed by atoms with Crippen LogP contribution in [0.1, 0.15) is 21.6 Å². The molecule has 1 aromatic heterocycles. The van der Waals surface area contributed by atoms with Crippen LogP contribution in [-0.2, 0) is 0 Å². The van der Waals surface area contributed by atoms with Gasteiger partial charge in [0.15, 0.2) is 0 Å². The molecule has 1 amide bonds. The zero-order valence-corrected chi connectivity index (χ0v) is 14.8. The van der Waals surface area contributed by atoms with Crippen LogP contribution in [-0.4, -0.2) is 22.3 Å². The molecule has 0 aliphatic rings. The first-order chi connectivity index (χ1) is 12.0. The first-order valence-electron chi connectivity index (χ1n) is 7.44. The fourth-order valence-electron chi connectivity index (χ4n) is 2.14. The molecular formula is C18H14BrFN4O. The summed E-state index contributed by atoms with van der Waals surface area (Å²) in [7, 11) is 0. The molecule has 0 saturated carbocycles. The smallest absolute Gasteiger partial charge is 0.272 e. The lowest BCUT2D eigenvalue weighted by Crippen LogP contribution is -2.18. The predicted octanol–water partition coefficient (Wildman–Crippen LogP) is 4.05. The number of aromatic nitrogens is 2. The lowest BCUT2D eigenvalue weighted by atomic mass is 10.1. The number of benzene rings is 2. The molecule has 3 rings (SSSR count). The van der Waals surface area contributed by atoms with Crippen molar-refractivity contribution in [3.63, 3.8) is 0 Å². The second kappa shape index (κ2) is 7.40. The predicted molar refractivity (Wildman–Crippen MR) is 97.9 cm³/mol. The van der Waals surface area contributed by atoms with Crippen LogP contribution in [0, 0.1) is 12.7 Å². The maximum absolute atomic E-state index is 13.6. The van der Waals surface area contributed by atoms with Gasteiger partial charge in [0.1, 0.15) is 11.5 Å². The highest BCUT2D eigenvalue weighted by Gasteiger charge is 2.10. The van der Waals surface area contributed by atoms with Crippen molar-refractivity contribution in [2.75, 3.05) is 0 Å². The molecule has 0 aliphatic heterocycles. The summed E-state index contributed by atoms with van der Waals surface area (Å²) in [5, 5.41) is 10.6. The normalized spacial score (nSPS) is 11.0. The molecule has 1 heterocycles. The molecule has 25 heavy (non-hydrogen) atoms. The number of aryl methyl sites for hydroxylation is 1. The molecule has 2 N–H and O–H groups in total. The molecule has 0 bridgehead atoms. The minimum Gasteiger partial charge on any atom is -0.272 e. The molecule has 2 aromatic carbocycles. The molecule has 0 fully saturated rings. The van der Waals surface area contributed by atoms with Gasteiger partial charge in [-0.2, -0.15) is 10.2 Å². The first kappa shape index (κ1) is 17.0. The second-order valence-corrected chi connectivity index (χ2v) is 6.31. The van der Waals surface area contributed by atoms with Crippen molar-refractivity contribution in [2.24, 2.45) is 5.10 Å². The monoisotopic (exact) mass is 400 g/mol. The number of rotatable bonds is 4. The number of halogens is 2. The van der Waals surface area contributed by atoms with Crippen LogP contribution in [0.3, 0.4) is 0 Å². The van der Waals surface area contributed by atoms with E-state index < -0.39 is 11.7 Å². The van der Waals surface area contributed by atoms with E-state index in [1.54, 1.807) is 18.2 Å². The molecule has 5 nitrogen and oxygen atoms in total. The Morgan fingerprint density at radius 3 is 2.76 bits per heavy atom. The summed E-state index contributed by atoms with van der Waals surface area (Å²) in [4.78, 5) is 12.1. The number of aromatic amines is 1. The van der Waals surface area contributed by atoms with Gasteiger partial charge in [-0.15, -0.1) is 0 Å². The minimum absolute atomic E-state index is 0.264. The number of nitrogens with zero attached hydrogens (tertiary/aromatic N) is 2. The zero-order valence-electron chi connectivity index (χ0n) is 13.3. The van der Waals surface area contributed by atoms with E-state index in [4.69, 9.17) is 0 Å². The topological polar surface area (TPSA) is 70.1 Å². The Morgan fingerprint density at radius 1 is 1.24 bits per heavy atom. The Kier molecular flexibility index (Phi) is 5.04. The molecule has 126 valence electrons. The number of nitrogens with one attached hydrogen (secondary N) is 2. The largest absolute Gasteiger partial charge is 0.289 e. The van der Waals surface area contributed by atoms with E-state index in [-0.39, 0.29) is 11.3 Å². The molecule has 0 unspecified atom stereocenters. The van der Waals surface area contributed by atoms with Gasteiger partial charge in [0.05, 0.1) is 11.9 Å². The van der Waals surface area contributed by atoms with Crippen LogP contribution in [0.25, 0.3) is 11.3 Å². The standard InChI is InChI=1S/C18H14BrFN4O/c1-11-2-4-12(5-3-11)16-9-17(23-22-16)18(25)24-21-10-13-8-14(19)6-7-15(13)20/h2-10H,1H3,(H,22,23)(H,24,25)/b21-10+. The summed E-state index contributed by atoms with van der Waals surface area (Å²) >= 11 is 3.25. The Balaban J connectivity index is 1.69. The van der Waals surface area contributed by atoms with E-state index in [9.17, 15) is 9.18 Å². The van der Waals surface area contributed by atoms with Crippen LogP contribution in [0.15, 0.2) is 58.1 Å². The van der Waals surface area contributed by atoms with Crippen molar-refractivity contribution in [1.29, 1.82) is 0 Å². The van der Waals surface area contributed by atoms with Crippen LogP contribution in [0.5, 0.6) is 0 Å². The van der Waals surface area contributed by atoms with Crippen LogP contribution in [0.4, 0.5) is 4.39 Å². The van der Waals surface area contributed by atoms with Crippen LogP contribution >= 0.6 is 15.9 Å². The van der Waals surface area contributed by atoms with Gasteiger partial charge in [0, 0.05) is 15.6 Å². The highest BCUT2D eigenvalue weighted by Crippen LogP contribution is 2.18. The number of carbonyl (C=O) groups excluding carboxylic acids is 1. The molecule has 0 saturated heterocycles. The molecular weight excluding hydrogens is 387 g/mol. The fourth-order valence-corrected chi connectivity index (χ4v) is 2.52. The summed E-state index contributed by atoms with van der Waals surface area (Å²) < 4.78 is 14.3. The van der Waals surface area contributed by atoms with Gasteiger partial charge < -0.3 is 0 Å². The Bertz CT molecular complexity index is 935. The van der Waals surface area contributed by atoms with Crippen molar-refractivity contribution in [2.45, 2.75) is 6.92 Å². The minimum atomic E-state index is -0.461. The Morgan fingerprint density at radius 2 is 2.00 bits per heavy atom.